The van der Waals surface area contributed by atoms with Gasteiger partial charge in [0.2, 0.25) is 0 Å². The Balaban J connectivity index is 1.48. The number of benzene rings is 2. The highest BCUT2D eigenvalue weighted by molar-refractivity contribution is 5.89. The lowest BCUT2D eigenvalue weighted by atomic mass is 10.1. The minimum Gasteiger partial charge on any atom is -0.379 e. The number of nitrogens with one attached hydrogen (secondary N) is 1. The summed E-state index contributed by atoms with van der Waals surface area (Å²) >= 11 is 0. The largest absolute Gasteiger partial charge is 0.379 e. The molecule has 1 saturated heterocycles. The summed E-state index contributed by atoms with van der Waals surface area (Å²) < 4.78 is 5.38. The SMILES string of the molecule is Cc1ccccc1CN(C)C(=O)Nc1ccc(CCN2CCOCC2)cc1. The zero-order chi connectivity index (χ0) is 19.1. The maximum Gasteiger partial charge on any atom is 0.321 e. The molecule has 3 rings (SSSR count). The van der Waals surface area contributed by atoms with E-state index in [1.165, 1.54) is 11.1 Å². The molecule has 0 aliphatic carbocycles. The molecule has 1 N–H and O–H groups in total. The first-order valence-electron chi connectivity index (χ1n) is 9.57. The van der Waals surface area contributed by atoms with Crippen LogP contribution in [0.25, 0.3) is 0 Å². The Morgan fingerprint density at radius 1 is 1.11 bits per heavy atom. The molecule has 0 spiro atoms. The molecule has 2 aromatic rings. The second-order valence-electron chi connectivity index (χ2n) is 7.11. The average Bonchev–Trinajstić information content (AvgIpc) is 2.70. The van der Waals surface area contributed by atoms with Gasteiger partial charge in [0.15, 0.2) is 0 Å². The molecule has 5 heteroatoms. The van der Waals surface area contributed by atoms with Crippen molar-refractivity contribution in [2.75, 3.05) is 45.2 Å². The fourth-order valence-corrected chi connectivity index (χ4v) is 3.20. The van der Waals surface area contributed by atoms with Crippen molar-refractivity contribution in [3.63, 3.8) is 0 Å². The third kappa shape index (κ3) is 5.81. The number of urea groups is 1. The Kier molecular flexibility index (Phi) is 6.85. The van der Waals surface area contributed by atoms with E-state index in [1.807, 2.05) is 31.3 Å². The third-order valence-corrected chi connectivity index (χ3v) is 5.04. The van der Waals surface area contributed by atoms with E-state index >= 15 is 0 Å². The highest BCUT2D eigenvalue weighted by atomic mass is 16.5. The minimum atomic E-state index is -0.0979. The van der Waals surface area contributed by atoms with Crippen molar-refractivity contribution in [3.8, 4) is 0 Å². The number of anilines is 1. The van der Waals surface area contributed by atoms with Gasteiger partial charge >= 0.3 is 6.03 Å². The fourth-order valence-electron chi connectivity index (χ4n) is 3.20. The summed E-state index contributed by atoms with van der Waals surface area (Å²) in [6, 6.07) is 16.2. The molecule has 1 fully saturated rings. The molecule has 27 heavy (non-hydrogen) atoms. The maximum atomic E-state index is 12.4. The first-order valence-corrected chi connectivity index (χ1v) is 9.57. The summed E-state index contributed by atoms with van der Waals surface area (Å²) in [5.41, 5.74) is 4.47. The van der Waals surface area contributed by atoms with Gasteiger partial charge in [-0.1, -0.05) is 36.4 Å². The van der Waals surface area contributed by atoms with Crippen LogP contribution in [0.4, 0.5) is 10.5 Å². The summed E-state index contributed by atoms with van der Waals surface area (Å²) in [4.78, 5) is 16.6. The molecule has 5 nitrogen and oxygen atoms in total. The lowest BCUT2D eigenvalue weighted by molar-refractivity contribution is 0.0384. The summed E-state index contributed by atoms with van der Waals surface area (Å²) in [5, 5.41) is 2.97. The number of amides is 2. The Bertz CT molecular complexity index is 739. The van der Waals surface area contributed by atoms with Crippen molar-refractivity contribution >= 4 is 11.7 Å². The van der Waals surface area contributed by atoms with Gasteiger partial charge in [0.05, 0.1) is 13.2 Å². The summed E-state index contributed by atoms with van der Waals surface area (Å²) in [5.74, 6) is 0. The minimum absolute atomic E-state index is 0.0979. The zero-order valence-corrected chi connectivity index (χ0v) is 16.3. The standard InChI is InChI=1S/C22H29N3O2/c1-18-5-3-4-6-20(18)17-24(2)22(26)23-21-9-7-19(8-10-21)11-12-25-13-15-27-16-14-25/h3-10H,11-17H2,1-2H3,(H,23,26). The van der Waals surface area contributed by atoms with Crippen molar-refractivity contribution in [2.24, 2.45) is 0 Å². The molecule has 2 amide bonds. The smallest absolute Gasteiger partial charge is 0.321 e. The molecule has 1 aliphatic rings. The number of aryl methyl sites for hydroxylation is 1. The molecule has 0 unspecified atom stereocenters. The van der Waals surface area contributed by atoms with Gasteiger partial charge in [0.25, 0.3) is 0 Å². The maximum absolute atomic E-state index is 12.4. The van der Waals surface area contributed by atoms with Gasteiger partial charge in [-0.15, -0.1) is 0 Å². The van der Waals surface area contributed by atoms with E-state index in [0.717, 1.165) is 50.5 Å². The van der Waals surface area contributed by atoms with Gasteiger partial charge in [-0.25, -0.2) is 4.79 Å². The summed E-state index contributed by atoms with van der Waals surface area (Å²) in [7, 11) is 1.82. The summed E-state index contributed by atoms with van der Waals surface area (Å²) in [6.07, 6.45) is 1.02. The van der Waals surface area contributed by atoms with Crippen LogP contribution in [0, 0.1) is 6.92 Å². The monoisotopic (exact) mass is 367 g/mol. The highest BCUT2D eigenvalue weighted by Crippen LogP contribution is 2.14. The Morgan fingerprint density at radius 3 is 2.52 bits per heavy atom. The normalized spacial score (nSPS) is 14.7. The van der Waals surface area contributed by atoms with E-state index in [9.17, 15) is 4.79 Å². The van der Waals surface area contributed by atoms with E-state index in [2.05, 4.69) is 41.4 Å². The molecule has 0 aromatic heterocycles. The van der Waals surface area contributed by atoms with Crippen LogP contribution < -0.4 is 5.32 Å². The molecule has 0 saturated carbocycles. The number of nitrogens with zero attached hydrogens (tertiary/aromatic N) is 2. The molecule has 2 aromatic carbocycles. The molecule has 0 radical (unpaired) electrons. The van der Waals surface area contributed by atoms with E-state index in [1.54, 1.807) is 4.90 Å². The van der Waals surface area contributed by atoms with Gasteiger partial charge in [0, 0.05) is 38.9 Å². The van der Waals surface area contributed by atoms with Crippen LogP contribution in [0.5, 0.6) is 0 Å². The average molecular weight is 367 g/mol. The van der Waals surface area contributed by atoms with E-state index in [4.69, 9.17) is 4.74 Å². The number of ether oxygens (including phenoxy) is 1. The third-order valence-electron chi connectivity index (χ3n) is 5.04. The molecule has 0 atom stereocenters. The first kappa shape index (κ1) is 19.4. The van der Waals surface area contributed by atoms with Crippen molar-refractivity contribution < 1.29 is 9.53 Å². The quantitative estimate of drug-likeness (QED) is 0.849. The topological polar surface area (TPSA) is 44.8 Å². The Labute approximate surface area is 161 Å². The van der Waals surface area contributed by atoms with Gasteiger partial charge in [-0.3, -0.25) is 4.90 Å². The molecule has 144 valence electrons. The van der Waals surface area contributed by atoms with Crippen molar-refractivity contribution in [1.82, 2.24) is 9.80 Å². The number of hydrogen-bond donors (Lipinski definition) is 1. The Hall–Kier alpha value is -2.37. The molecular weight excluding hydrogens is 338 g/mol. The number of rotatable bonds is 6. The van der Waals surface area contributed by atoms with Crippen molar-refractivity contribution in [3.05, 3.63) is 65.2 Å². The van der Waals surface area contributed by atoms with Crippen LogP contribution in [0.15, 0.2) is 48.5 Å². The Morgan fingerprint density at radius 2 is 1.81 bits per heavy atom. The van der Waals surface area contributed by atoms with Crippen LogP contribution in [0.3, 0.4) is 0 Å². The lowest BCUT2D eigenvalue weighted by Crippen LogP contribution is -2.37. The van der Waals surface area contributed by atoms with Crippen molar-refractivity contribution in [2.45, 2.75) is 19.9 Å². The number of morpholine rings is 1. The van der Waals surface area contributed by atoms with Gasteiger partial charge in [-0.05, 0) is 42.2 Å². The second-order valence-corrected chi connectivity index (χ2v) is 7.11. The predicted molar refractivity (Wildman–Crippen MR) is 109 cm³/mol. The summed E-state index contributed by atoms with van der Waals surface area (Å²) in [6.45, 7) is 7.41. The predicted octanol–water partition coefficient (Wildman–Crippen LogP) is 3.53. The molecule has 1 heterocycles. The lowest BCUT2D eigenvalue weighted by Gasteiger charge is -2.26. The van der Waals surface area contributed by atoms with Crippen LogP contribution in [0.1, 0.15) is 16.7 Å². The van der Waals surface area contributed by atoms with E-state index in [-0.39, 0.29) is 6.03 Å². The van der Waals surface area contributed by atoms with Gasteiger partial charge in [-0.2, -0.15) is 0 Å². The van der Waals surface area contributed by atoms with Crippen LogP contribution in [-0.2, 0) is 17.7 Å². The fraction of sp³-hybridized carbons (Fsp3) is 0.409. The van der Waals surface area contributed by atoms with Crippen molar-refractivity contribution in [1.29, 1.82) is 0 Å². The number of carbonyl (C=O) groups is 1. The molecule has 1 aliphatic heterocycles. The highest BCUT2D eigenvalue weighted by Gasteiger charge is 2.12. The van der Waals surface area contributed by atoms with E-state index in [0.29, 0.717) is 6.54 Å². The van der Waals surface area contributed by atoms with Crippen LogP contribution in [-0.4, -0.2) is 55.7 Å². The van der Waals surface area contributed by atoms with E-state index < -0.39 is 0 Å². The zero-order valence-electron chi connectivity index (χ0n) is 16.3. The van der Waals surface area contributed by atoms with Crippen LogP contribution in [0.2, 0.25) is 0 Å². The number of carbonyl (C=O) groups excluding carboxylic acids is 1. The van der Waals surface area contributed by atoms with Gasteiger partial charge in [0.1, 0.15) is 0 Å². The molecular formula is C22H29N3O2. The van der Waals surface area contributed by atoms with Crippen LogP contribution >= 0.6 is 0 Å². The second kappa shape index (κ2) is 9.53. The van der Waals surface area contributed by atoms with Gasteiger partial charge < -0.3 is 15.0 Å². The number of hydrogen-bond acceptors (Lipinski definition) is 3. The first-order chi connectivity index (χ1) is 13.1. The molecule has 0 bridgehead atoms.